The minimum absolute atomic E-state index is 0.328. The van der Waals surface area contributed by atoms with Crippen LogP contribution in [0.15, 0.2) is 72.8 Å². The van der Waals surface area contributed by atoms with Crippen molar-refractivity contribution in [1.82, 2.24) is 20.3 Å². The number of aromatic nitrogens is 3. The fraction of sp³-hybridized carbons (Fsp3) is 0.0400. The molecule has 0 fully saturated rings. The van der Waals surface area contributed by atoms with Gasteiger partial charge in [0.1, 0.15) is 11.5 Å². The maximum atomic E-state index is 12.8. The zero-order valence-electron chi connectivity index (χ0n) is 19.0. The number of nitrogen functional groups attached to an aromatic ring is 1. The van der Waals surface area contributed by atoms with E-state index < -0.39 is 0 Å². The predicted octanol–water partition coefficient (Wildman–Crippen LogP) is 3.26. The minimum Gasteiger partial charge on any atom is -0.405 e. The average Bonchev–Trinajstić information content (AvgIpc) is 3.21. The molecule has 0 aliphatic rings. The monoisotopic (exact) mass is 467 g/mol. The zero-order chi connectivity index (χ0) is 24.9. The van der Waals surface area contributed by atoms with Crippen molar-refractivity contribution in [2.75, 3.05) is 11.1 Å². The number of hydrogen-bond acceptors (Lipinski definition) is 8. The normalized spacial score (nSPS) is 11.6. The molecule has 2 aromatic carbocycles. The number of benzene rings is 2. The van der Waals surface area contributed by atoms with Gasteiger partial charge in [0.05, 0.1) is 5.70 Å². The number of nitrogens with one attached hydrogen (secondary N) is 4. The molecule has 2 heterocycles. The predicted molar refractivity (Wildman–Crippen MR) is 139 cm³/mol. The molecule has 0 bridgehead atoms. The summed E-state index contributed by atoms with van der Waals surface area (Å²) in [7, 11) is 0. The first-order valence-electron chi connectivity index (χ1n) is 10.7. The number of nitrogens with two attached hydrogens (primary N) is 3. The van der Waals surface area contributed by atoms with Crippen LogP contribution in [0.4, 0.5) is 17.2 Å². The van der Waals surface area contributed by atoms with Gasteiger partial charge in [-0.1, -0.05) is 0 Å². The molecule has 0 aliphatic carbocycles. The second-order valence-corrected chi connectivity index (χ2v) is 7.70. The molecule has 0 radical (unpaired) electrons. The molecule has 2 aromatic heterocycles. The molecule has 10 nitrogen and oxygen atoms in total. The second kappa shape index (κ2) is 9.79. The summed E-state index contributed by atoms with van der Waals surface area (Å²) in [6.45, 7) is 1.86. The number of carbonyl (C=O) groups excluding carboxylic acids is 1. The average molecular weight is 468 g/mol. The van der Waals surface area contributed by atoms with E-state index in [1.54, 1.807) is 24.4 Å². The van der Waals surface area contributed by atoms with Crippen LogP contribution in [-0.2, 0) is 0 Å². The first kappa shape index (κ1) is 23.1. The Bertz CT molecular complexity index is 1480. The van der Waals surface area contributed by atoms with E-state index in [4.69, 9.17) is 22.6 Å². The molecule has 0 saturated heterocycles. The van der Waals surface area contributed by atoms with Crippen molar-refractivity contribution in [3.63, 3.8) is 0 Å². The molecule has 10 N–H and O–H groups in total. The largest absolute Gasteiger partial charge is 0.405 e. The number of fused-ring (bicyclic) bond motifs is 1. The van der Waals surface area contributed by atoms with Crippen LogP contribution in [0.3, 0.4) is 0 Å². The van der Waals surface area contributed by atoms with Gasteiger partial charge in [0.25, 0.3) is 5.91 Å². The second-order valence-electron chi connectivity index (χ2n) is 7.70. The topological polar surface area (TPSA) is 185 Å². The number of aryl methyl sites for hydroxylation is 1. The van der Waals surface area contributed by atoms with Crippen molar-refractivity contribution in [2.24, 2.45) is 11.5 Å². The Hall–Kier alpha value is -5.12. The summed E-state index contributed by atoms with van der Waals surface area (Å²) in [5.41, 5.74) is 21.9. The van der Waals surface area contributed by atoms with Gasteiger partial charge < -0.3 is 38.2 Å². The molecule has 1 amide bonds. The third-order valence-corrected chi connectivity index (χ3v) is 5.43. The van der Waals surface area contributed by atoms with E-state index in [1.807, 2.05) is 31.2 Å². The number of nitrogens with zero attached hydrogens (tertiary/aromatic N) is 2. The van der Waals surface area contributed by atoms with Gasteiger partial charge in [-0.15, -0.1) is 0 Å². The van der Waals surface area contributed by atoms with Crippen molar-refractivity contribution >= 4 is 40.2 Å². The summed E-state index contributed by atoms with van der Waals surface area (Å²) in [4.78, 5) is 24.9. The van der Waals surface area contributed by atoms with E-state index in [1.165, 1.54) is 24.7 Å². The maximum absolute atomic E-state index is 12.8. The zero-order valence-corrected chi connectivity index (χ0v) is 19.0. The van der Waals surface area contributed by atoms with Gasteiger partial charge in [-0.2, -0.15) is 0 Å². The summed E-state index contributed by atoms with van der Waals surface area (Å²) in [6, 6.07) is 12.8. The van der Waals surface area contributed by atoms with Crippen molar-refractivity contribution in [2.45, 2.75) is 6.92 Å². The molecule has 35 heavy (non-hydrogen) atoms. The lowest BCUT2D eigenvalue weighted by molar-refractivity contribution is 0.0962. The van der Waals surface area contributed by atoms with E-state index >= 15 is 0 Å². The number of carbonyl (C=O) groups is 1. The van der Waals surface area contributed by atoms with Gasteiger partial charge in [-0.05, 0) is 67.2 Å². The summed E-state index contributed by atoms with van der Waals surface area (Å²) in [6.07, 6.45) is 6.94. The number of amides is 1. The summed E-state index contributed by atoms with van der Waals surface area (Å²) in [5.74, 6) is 0.786. The highest BCUT2D eigenvalue weighted by molar-refractivity contribution is 6.02. The smallest absolute Gasteiger partial charge is 0.272 e. The van der Waals surface area contributed by atoms with Gasteiger partial charge in [0.2, 0.25) is 0 Å². The molecule has 4 aromatic rings. The van der Waals surface area contributed by atoms with Crippen LogP contribution in [0, 0.1) is 12.3 Å². The van der Waals surface area contributed by atoms with Crippen LogP contribution < -0.4 is 27.8 Å². The molecule has 0 saturated carbocycles. The highest BCUT2D eigenvalue weighted by atomic mass is 16.1. The Morgan fingerprint density at radius 3 is 2.71 bits per heavy atom. The Labute approximate surface area is 201 Å². The third kappa shape index (κ3) is 4.81. The minimum atomic E-state index is -0.328. The summed E-state index contributed by atoms with van der Waals surface area (Å²) < 4.78 is 0. The first-order valence-corrected chi connectivity index (χ1v) is 10.7. The molecular weight excluding hydrogens is 442 g/mol. The van der Waals surface area contributed by atoms with Gasteiger partial charge in [-0.25, -0.2) is 9.97 Å². The molecular formula is C25H25N9O. The number of H-pyrrole nitrogens is 1. The van der Waals surface area contributed by atoms with Crippen molar-refractivity contribution < 1.29 is 4.79 Å². The van der Waals surface area contributed by atoms with E-state index in [9.17, 15) is 4.79 Å². The van der Waals surface area contributed by atoms with Crippen molar-refractivity contribution in [3.8, 4) is 11.4 Å². The lowest BCUT2D eigenvalue weighted by Gasteiger charge is -2.09. The highest BCUT2D eigenvalue weighted by Gasteiger charge is 2.16. The summed E-state index contributed by atoms with van der Waals surface area (Å²) in [5, 5.41) is 14.3. The molecule has 10 heteroatoms. The Morgan fingerprint density at radius 2 is 1.97 bits per heavy atom. The lowest BCUT2D eigenvalue weighted by Crippen LogP contribution is -2.23. The lowest BCUT2D eigenvalue weighted by atomic mass is 10.1. The fourth-order valence-corrected chi connectivity index (χ4v) is 3.62. The third-order valence-electron chi connectivity index (χ3n) is 5.43. The number of allylic oxidation sites excluding steroid dienone is 1. The Kier molecular flexibility index (Phi) is 6.45. The highest BCUT2D eigenvalue weighted by Crippen LogP contribution is 2.28. The van der Waals surface area contributed by atoms with E-state index in [2.05, 4.69) is 25.6 Å². The fourth-order valence-electron chi connectivity index (χ4n) is 3.62. The van der Waals surface area contributed by atoms with Crippen LogP contribution in [0.2, 0.25) is 0 Å². The molecule has 176 valence electrons. The Morgan fingerprint density at radius 1 is 1.14 bits per heavy atom. The Balaban J connectivity index is 1.63. The van der Waals surface area contributed by atoms with Crippen molar-refractivity contribution in [1.29, 1.82) is 5.41 Å². The van der Waals surface area contributed by atoms with Crippen LogP contribution in [0.5, 0.6) is 0 Å². The van der Waals surface area contributed by atoms with Crippen LogP contribution >= 0.6 is 0 Å². The van der Waals surface area contributed by atoms with E-state index in [-0.39, 0.29) is 5.91 Å². The van der Waals surface area contributed by atoms with Crippen LogP contribution in [0.25, 0.3) is 22.3 Å². The molecule has 0 aliphatic heterocycles. The number of aromatic amines is 1. The van der Waals surface area contributed by atoms with Gasteiger partial charge in [-0.3, -0.25) is 4.79 Å². The molecule has 0 unspecified atom stereocenters. The number of hydrogen-bond donors (Lipinski definition) is 7. The van der Waals surface area contributed by atoms with Crippen molar-refractivity contribution in [3.05, 3.63) is 89.7 Å². The van der Waals surface area contributed by atoms with E-state index in [0.29, 0.717) is 34.3 Å². The van der Waals surface area contributed by atoms with Gasteiger partial charge in [0.15, 0.2) is 5.82 Å². The van der Waals surface area contributed by atoms with Crippen LogP contribution in [0.1, 0.15) is 21.6 Å². The van der Waals surface area contributed by atoms with Gasteiger partial charge >= 0.3 is 0 Å². The van der Waals surface area contributed by atoms with Gasteiger partial charge in [0, 0.05) is 52.0 Å². The molecule has 4 rings (SSSR count). The number of anilines is 3. The van der Waals surface area contributed by atoms with E-state index in [0.717, 1.165) is 27.7 Å². The van der Waals surface area contributed by atoms with Crippen LogP contribution in [-0.4, -0.2) is 27.1 Å². The first-order chi connectivity index (χ1) is 16.9. The standard InChI is InChI=1S/C25H25N9O/c1-14-19-11-15(2-5-21(19)33-23(14)25(35)32-18(13-28)6-8-26)24-30-9-7-22(34-24)31-17-3-4-20(29)16(10-17)12-27/h2-13,27,33H,26,28-29H2,1H3,(H,32,35)(H,30,31,34)/b8-6-,18-13+,27-12?. The maximum Gasteiger partial charge on any atom is 0.272 e. The quantitative estimate of drug-likeness (QED) is 0.123. The summed E-state index contributed by atoms with van der Waals surface area (Å²) >= 11 is 0. The molecule has 0 atom stereocenters. The number of rotatable bonds is 7. The SMILES string of the molecule is Cc1c(C(=O)NC(/C=C\N)=C/N)[nH]c2ccc(-c3nccc(Nc4ccc(N)c(C=N)c4)n3)cc12. The molecule has 0 spiro atoms.